The molecule has 17 heavy (non-hydrogen) atoms. The van der Waals surface area contributed by atoms with E-state index in [9.17, 15) is 4.79 Å². The van der Waals surface area contributed by atoms with Crippen LogP contribution in [0, 0.1) is 0 Å². The van der Waals surface area contributed by atoms with E-state index in [1.54, 1.807) is 0 Å². The van der Waals surface area contributed by atoms with Gasteiger partial charge in [0.25, 0.3) is 0 Å². The van der Waals surface area contributed by atoms with Crippen LogP contribution in [0.25, 0.3) is 10.4 Å². The Labute approximate surface area is 108 Å². The summed E-state index contributed by atoms with van der Waals surface area (Å²) in [4.78, 5) is 14.7. The predicted octanol–water partition coefficient (Wildman–Crippen LogP) is 3.81. The molecule has 0 bridgehead atoms. The summed E-state index contributed by atoms with van der Waals surface area (Å²) in [7, 11) is 1.42. The number of rotatable bonds is 1. The lowest BCUT2D eigenvalue weighted by atomic mass is 10.1. The van der Waals surface area contributed by atoms with Gasteiger partial charge in [0, 0.05) is 21.1 Å². The van der Waals surface area contributed by atoms with Gasteiger partial charge in [-0.1, -0.05) is 18.2 Å². The maximum absolute atomic E-state index is 11.5. The monoisotopic (exact) mass is 262 g/mol. The largest absolute Gasteiger partial charge is 0.465 e. The van der Waals surface area contributed by atoms with Crippen LogP contribution in [0.1, 0.15) is 15.2 Å². The molecule has 4 heteroatoms. The summed E-state index contributed by atoms with van der Waals surface area (Å²) in [5.41, 5.74) is 2.47. The number of carbonyl (C=O) groups excluding carboxylic acids is 1. The van der Waals surface area contributed by atoms with Gasteiger partial charge in [0.15, 0.2) is 0 Å². The second-order valence-corrected chi connectivity index (χ2v) is 5.81. The molecule has 0 spiro atoms. The number of methoxy groups -OCH3 is 1. The first-order valence-corrected chi connectivity index (χ1v) is 7.03. The molecule has 2 heterocycles. The number of esters is 1. The molecule has 3 rings (SSSR count). The smallest absolute Gasteiger partial charge is 0.348 e. The number of carbonyl (C=O) groups is 1. The minimum absolute atomic E-state index is 0.244. The summed E-state index contributed by atoms with van der Waals surface area (Å²) in [6, 6.07) is 10.3. The van der Waals surface area contributed by atoms with Crippen molar-refractivity contribution in [3.63, 3.8) is 0 Å². The van der Waals surface area contributed by atoms with E-state index in [0.717, 1.165) is 5.75 Å². The Bertz CT molecular complexity index is 587. The summed E-state index contributed by atoms with van der Waals surface area (Å²) < 4.78 is 4.77. The molecule has 0 N–H and O–H groups in total. The van der Waals surface area contributed by atoms with E-state index in [4.69, 9.17) is 4.74 Å². The minimum Gasteiger partial charge on any atom is -0.465 e. The second kappa shape index (κ2) is 4.20. The summed E-state index contributed by atoms with van der Waals surface area (Å²) in [5, 5.41) is 0. The Balaban J connectivity index is 2.13. The van der Waals surface area contributed by atoms with E-state index >= 15 is 0 Å². The maximum atomic E-state index is 11.5. The molecule has 1 aromatic heterocycles. The lowest BCUT2D eigenvalue weighted by Gasteiger charge is -2.14. The average Bonchev–Trinajstić information content (AvgIpc) is 2.82. The molecule has 0 saturated heterocycles. The van der Waals surface area contributed by atoms with Gasteiger partial charge in [0.05, 0.1) is 7.11 Å². The van der Waals surface area contributed by atoms with Crippen LogP contribution >= 0.6 is 23.1 Å². The molecule has 0 amide bonds. The van der Waals surface area contributed by atoms with Gasteiger partial charge in [-0.05, 0) is 17.7 Å². The molecule has 1 aliphatic rings. The third-order valence-electron chi connectivity index (χ3n) is 2.71. The molecule has 0 aliphatic carbocycles. The second-order valence-electron chi connectivity index (χ2n) is 3.74. The Morgan fingerprint density at radius 1 is 1.35 bits per heavy atom. The number of hydrogen-bond donors (Lipinski definition) is 0. The Kier molecular flexibility index (Phi) is 2.68. The first-order chi connectivity index (χ1) is 8.29. The van der Waals surface area contributed by atoms with E-state index in [1.165, 1.54) is 39.3 Å². The van der Waals surface area contributed by atoms with Crippen molar-refractivity contribution in [3.05, 3.63) is 40.8 Å². The van der Waals surface area contributed by atoms with Gasteiger partial charge >= 0.3 is 5.97 Å². The molecule has 0 unspecified atom stereocenters. The summed E-state index contributed by atoms with van der Waals surface area (Å²) in [6.45, 7) is 0. The van der Waals surface area contributed by atoms with E-state index in [1.807, 2.05) is 30.0 Å². The fraction of sp³-hybridized carbons (Fsp3) is 0.154. The Hall–Kier alpha value is -1.26. The van der Waals surface area contributed by atoms with Crippen LogP contribution in [0.2, 0.25) is 0 Å². The highest BCUT2D eigenvalue weighted by atomic mass is 32.2. The molecular formula is C13H10O2S2. The SMILES string of the molecule is COC(=O)c1cc2c(s1)-c1ccccc1SC2. The zero-order chi connectivity index (χ0) is 11.8. The zero-order valence-corrected chi connectivity index (χ0v) is 10.9. The molecule has 0 saturated carbocycles. The van der Waals surface area contributed by atoms with E-state index in [2.05, 4.69) is 12.1 Å². The van der Waals surface area contributed by atoms with Crippen molar-refractivity contribution in [3.8, 4) is 10.4 Å². The van der Waals surface area contributed by atoms with Crippen LogP contribution in [0.4, 0.5) is 0 Å². The molecular weight excluding hydrogens is 252 g/mol. The van der Waals surface area contributed by atoms with Gasteiger partial charge in [-0.2, -0.15) is 0 Å². The summed E-state index contributed by atoms with van der Waals surface area (Å²) >= 11 is 3.34. The molecule has 2 aromatic rings. The van der Waals surface area contributed by atoms with Crippen LogP contribution in [0.15, 0.2) is 35.2 Å². The molecule has 1 aromatic carbocycles. The minimum atomic E-state index is -0.244. The number of fused-ring (bicyclic) bond motifs is 3. The first kappa shape index (κ1) is 10.9. The molecule has 86 valence electrons. The van der Waals surface area contributed by atoms with E-state index < -0.39 is 0 Å². The average molecular weight is 262 g/mol. The van der Waals surface area contributed by atoms with Crippen LogP contribution in [-0.2, 0) is 10.5 Å². The van der Waals surface area contributed by atoms with Gasteiger partial charge in [0.2, 0.25) is 0 Å². The van der Waals surface area contributed by atoms with Crippen molar-refractivity contribution in [2.45, 2.75) is 10.6 Å². The maximum Gasteiger partial charge on any atom is 0.348 e. The van der Waals surface area contributed by atoms with Crippen molar-refractivity contribution in [1.82, 2.24) is 0 Å². The molecule has 0 fully saturated rings. The van der Waals surface area contributed by atoms with Gasteiger partial charge < -0.3 is 4.74 Å². The molecule has 1 aliphatic heterocycles. The third kappa shape index (κ3) is 1.77. The number of thioether (sulfide) groups is 1. The molecule has 0 atom stereocenters. The number of thiophene rings is 1. The summed E-state index contributed by atoms with van der Waals surface area (Å²) in [5.74, 6) is 0.687. The van der Waals surface area contributed by atoms with Gasteiger partial charge in [-0.3, -0.25) is 0 Å². The van der Waals surface area contributed by atoms with Crippen LogP contribution in [0.3, 0.4) is 0 Å². The lowest BCUT2D eigenvalue weighted by molar-refractivity contribution is 0.0606. The fourth-order valence-corrected chi connectivity index (χ4v) is 4.23. The van der Waals surface area contributed by atoms with Crippen LogP contribution in [0.5, 0.6) is 0 Å². The van der Waals surface area contributed by atoms with Crippen molar-refractivity contribution < 1.29 is 9.53 Å². The highest BCUT2D eigenvalue weighted by Crippen LogP contribution is 2.45. The highest BCUT2D eigenvalue weighted by molar-refractivity contribution is 7.98. The molecule has 2 nitrogen and oxygen atoms in total. The van der Waals surface area contributed by atoms with Gasteiger partial charge in [-0.15, -0.1) is 23.1 Å². The number of hydrogen-bond acceptors (Lipinski definition) is 4. The van der Waals surface area contributed by atoms with Crippen LogP contribution < -0.4 is 0 Å². The first-order valence-electron chi connectivity index (χ1n) is 5.23. The van der Waals surface area contributed by atoms with Crippen molar-refractivity contribution in [1.29, 1.82) is 0 Å². The Morgan fingerprint density at radius 3 is 3.00 bits per heavy atom. The third-order valence-corrected chi connectivity index (χ3v) is 5.02. The van der Waals surface area contributed by atoms with Crippen molar-refractivity contribution in [2.24, 2.45) is 0 Å². The van der Waals surface area contributed by atoms with Gasteiger partial charge in [-0.25, -0.2) is 4.79 Å². The lowest BCUT2D eigenvalue weighted by Crippen LogP contribution is -1.97. The topological polar surface area (TPSA) is 26.3 Å². The quantitative estimate of drug-likeness (QED) is 0.731. The summed E-state index contributed by atoms with van der Waals surface area (Å²) in [6.07, 6.45) is 0. The van der Waals surface area contributed by atoms with E-state index in [0.29, 0.717) is 4.88 Å². The standard InChI is InChI=1S/C13H10O2S2/c1-15-13(14)11-6-8-7-16-10-5-3-2-4-9(10)12(8)17-11/h2-6H,7H2,1H3. The number of ether oxygens (including phenoxy) is 1. The Morgan fingerprint density at radius 2 is 2.18 bits per heavy atom. The van der Waals surface area contributed by atoms with Crippen LogP contribution in [-0.4, -0.2) is 13.1 Å². The normalized spacial score (nSPS) is 12.8. The fourth-order valence-electron chi connectivity index (χ4n) is 1.90. The van der Waals surface area contributed by atoms with E-state index in [-0.39, 0.29) is 5.97 Å². The number of benzene rings is 1. The predicted molar refractivity (Wildman–Crippen MR) is 70.7 cm³/mol. The highest BCUT2D eigenvalue weighted by Gasteiger charge is 2.21. The van der Waals surface area contributed by atoms with Crippen molar-refractivity contribution >= 4 is 29.1 Å². The molecule has 0 radical (unpaired) electrons. The van der Waals surface area contributed by atoms with Crippen molar-refractivity contribution in [2.75, 3.05) is 7.11 Å². The van der Waals surface area contributed by atoms with Gasteiger partial charge in [0.1, 0.15) is 4.88 Å². The zero-order valence-electron chi connectivity index (χ0n) is 9.23.